The lowest BCUT2D eigenvalue weighted by atomic mass is 9.21. The Bertz CT molecular complexity index is 1840. The molecule has 0 bridgehead atoms. The zero-order valence-electron chi connectivity index (χ0n) is 28.2. The highest BCUT2D eigenvalue weighted by Gasteiger charge is 2.52. The number of nitriles is 1. The molecule has 2 unspecified atom stereocenters. The molecule has 0 spiro atoms. The standard InChI is InChI=1S/C31H38B6ClFN8/c1-28(16-47(46-45-28)21-8-9-21)30(34,19-7-10-24(39)41-15-19)44-20-11-22-25(18(13-40)14-42-26(22)23(38)12-20)43-27(17-5-3-2-4-6-17)29(32,33)31(35,36)37/h2-7,10-12,14-15,21,27,44-46H,8-9,16,32-37H2,1H3,(H,42,43)/t27-,28?,30?/m0/s1. The van der Waals surface area contributed by atoms with Gasteiger partial charge in [0.2, 0.25) is 5.95 Å². The maximum Gasteiger partial charge on any atom is 0.212 e. The first-order chi connectivity index (χ1) is 22.2. The average molecular weight is 642 g/mol. The number of pyridine rings is 2. The van der Waals surface area contributed by atoms with Crippen LogP contribution in [0.25, 0.3) is 10.9 Å². The number of hydrogen-bond acceptors (Lipinski definition) is 8. The number of hydrazine groups is 2. The molecular weight excluding hydrogens is 604 g/mol. The van der Waals surface area contributed by atoms with Crippen molar-refractivity contribution in [2.24, 2.45) is 0 Å². The van der Waals surface area contributed by atoms with Gasteiger partial charge >= 0.3 is 0 Å². The van der Waals surface area contributed by atoms with Gasteiger partial charge in [0.25, 0.3) is 0 Å². The molecule has 0 radical (unpaired) electrons. The molecule has 2 aromatic heterocycles. The van der Waals surface area contributed by atoms with E-state index in [1.807, 2.05) is 30.3 Å². The minimum Gasteiger partial charge on any atom is -0.381 e. The minimum atomic E-state index is -0.782. The van der Waals surface area contributed by atoms with Gasteiger partial charge in [-0.05, 0) is 49.1 Å². The number of aromatic nitrogens is 2. The molecule has 2 fully saturated rings. The van der Waals surface area contributed by atoms with Crippen molar-refractivity contribution in [1.29, 1.82) is 5.26 Å². The summed E-state index contributed by atoms with van der Waals surface area (Å²) in [7, 11) is 13.3. The van der Waals surface area contributed by atoms with Gasteiger partial charge in [0.15, 0.2) is 0 Å². The van der Waals surface area contributed by atoms with Crippen molar-refractivity contribution in [3.63, 3.8) is 0 Å². The zero-order chi connectivity index (χ0) is 33.8. The summed E-state index contributed by atoms with van der Waals surface area (Å²) < 4.78 is 14.1. The van der Waals surface area contributed by atoms with Gasteiger partial charge in [-0.1, -0.05) is 53.2 Å². The second kappa shape index (κ2) is 12.2. The van der Waals surface area contributed by atoms with Crippen molar-refractivity contribution in [2.75, 3.05) is 17.2 Å². The number of benzene rings is 2. The van der Waals surface area contributed by atoms with Gasteiger partial charge in [0.1, 0.15) is 29.6 Å². The molecule has 1 saturated heterocycles. The summed E-state index contributed by atoms with van der Waals surface area (Å²) in [4.78, 5) is 8.65. The predicted molar refractivity (Wildman–Crippen MR) is 205 cm³/mol. The molecule has 3 heterocycles. The fourth-order valence-electron chi connectivity index (χ4n) is 6.47. The third-order valence-electron chi connectivity index (χ3n) is 10.9. The second-order valence-electron chi connectivity index (χ2n) is 15.0. The minimum absolute atomic E-state index is 0.0857. The Morgan fingerprint density at radius 3 is 2.40 bits per heavy atom. The van der Waals surface area contributed by atoms with Crippen LogP contribution in [0.3, 0.4) is 0 Å². The van der Waals surface area contributed by atoms with Gasteiger partial charge in [0, 0.05) is 47.5 Å². The van der Waals surface area contributed by atoms with E-state index in [1.165, 1.54) is 6.07 Å². The number of anilines is 2. The Morgan fingerprint density at radius 2 is 1.79 bits per heavy atom. The topological polar surface area (TPSA) is 101 Å². The number of hydrogen-bond donors (Lipinski definition) is 4. The summed E-state index contributed by atoms with van der Waals surface area (Å²) in [6.07, 6.45) is 5.46. The highest BCUT2D eigenvalue weighted by atomic mass is 35.5. The summed E-state index contributed by atoms with van der Waals surface area (Å²) in [5.74, 6) is -0.538. The zero-order valence-corrected chi connectivity index (χ0v) is 28.9. The average Bonchev–Trinajstić information content (AvgIpc) is 3.80. The number of rotatable bonds is 10. The lowest BCUT2D eigenvalue weighted by Gasteiger charge is -2.47. The highest BCUT2D eigenvalue weighted by molar-refractivity contribution is 6.67. The van der Waals surface area contributed by atoms with Crippen LogP contribution in [0.1, 0.15) is 42.5 Å². The van der Waals surface area contributed by atoms with E-state index in [1.54, 1.807) is 18.5 Å². The van der Waals surface area contributed by atoms with Gasteiger partial charge in [-0.2, -0.15) is 15.2 Å². The molecule has 47 heavy (non-hydrogen) atoms. The summed E-state index contributed by atoms with van der Waals surface area (Å²) in [6.45, 7) is 2.84. The molecule has 6 rings (SSSR count). The van der Waals surface area contributed by atoms with E-state index in [4.69, 9.17) is 11.6 Å². The van der Waals surface area contributed by atoms with Crippen LogP contribution < -0.4 is 21.6 Å². The van der Waals surface area contributed by atoms with Crippen molar-refractivity contribution >= 4 is 81.0 Å². The van der Waals surface area contributed by atoms with Crippen molar-refractivity contribution < 1.29 is 4.39 Å². The van der Waals surface area contributed by atoms with Gasteiger partial charge < -0.3 is 10.6 Å². The SMILES string of the molecule is BC(B)(B)C(B)(B)[C@@H](Nc1c(C#N)cnc2c(Cl)cc(NC(B)(c3ccc(F)nc3)C3(C)CN(C4CC4)NN3)cc12)c1ccccc1. The molecule has 3 atom stereocenters. The molecule has 4 N–H and O–H groups in total. The fraction of sp³-hybridized carbons (Fsp3) is 0.323. The van der Waals surface area contributed by atoms with Gasteiger partial charge in [0.05, 0.1) is 50.9 Å². The summed E-state index contributed by atoms with van der Waals surface area (Å²) >= 11 is 7.00. The molecule has 234 valence electrons. The van der Waals surface area contributed by atoms with E-state index < -0.39 is 16.9 Å². The molecule has 1 saturated carbocycles. The molecule has 1 aliphatic heterocycles. The summed E-state index contributed by atoms with van der Waals surface area (Å²) in [5, 5.41) is 21.0. The molecule has 8 nitrogen and oxygen atoms in total. The number of nitrogens with one attached hydrogen (secondary N) is 4. The third kappa shape index (κ3) is 6.17. The van der Waals surface area contributed by atoms with E-state index in [-0.39, 0.29) is 16.4 Å². The van der Waals surface area contributed by atoms with Crippen LogP contribution in [-0.4, -0.2) is 80.2 Å². The Kier molecular flexibility index (Phi) is 8.71. The van der Waals surface area contributed by atoms with E-state index in [2.05, 4.69) is 109 Å². The molecule has 16 heteroatoms. The number of halogens is 2. The lowest BCUT2D eigenvalue weighted by molar-refractivity contribution is 0.220. The van der Waals surface area contributed by atoms with Crippen LogP contribution >= 0.6 is 11.6 Å². The van der Waals surface area contributed by atoms with Gasteiger partial charge in [-0.15, -0.1) is 5.11 Å². The van der Waals surface area contributed by atoms with Crippen LogP contribution in [0.5, 0.6) is 0 Å². The Hall–Kier alpha value is -3.42. The van der Waals surface area contributed by atoms with Crippen LogP contribution in [0.2, 0.25) is 15.3 Å². The first-order valence-corrected chi connectivity index (χ1v) is 16.6. The number of fused-ring (bicyclic) bond motifs is 1. The van der Waals surface area contributed by atoms with E-state index in [9.17, 15) is 9.65 Å². The van der Waals surface area contributed by atoms with Crippen LogP contribution in [0, 0.1) is 17.3 Å². The normalized spacial score (nSPS) is 20.7. The van der Waals surface area contributed by atoms with Crippen molar-refractivity contribution in [3.8, 4) is 6.07 Å². The largest absolute Gasteiger partial charge is 0.381 e. The van der Waals surface area contributed by atoms with E-state index in [0.29, 0.717) is 34.4 Å². The predicted octanol–water partition coefficient (Wildman–Crippen LogP) is -0.0535. The maximum absolute atomic E-state index is 14.1. The van der Waals surface area contributed by atoms with Crippen molar-refractivity contribution in [2.45, 2.75) is 53.2 Å². The van der Waals surface area contributed by atoms with Gasteiger partial charge in [-0.25, -0.2) is 15.4 Å². The van der Waals surface area contributed by atoms with Crippen molar-refractivity contribution in [1.82, 2.24) is 25.9 Å². The first-order valence-electron chi connectivity index (χ1n) is 16.2. The molecule has 2 aromatic carbocycles. The third-order valence-corrected chi connectivity index (χ3v) is 11.2. The smallest absolute Gasteiger partial charge is 0.212 e. The van der Waals surface area contributed by atoms with E-state index >= 15 is 0 Å². The highest BCUT2D eigenvalue weighted by Crippen LogP contribution is 2.51. The molecule has 1 aliphatic carbocycles. The maximum atomic E-state index is 14.1. The number of nitrogens with zero attached hydrogens (tertiary/aromatic N) is 4. The lowest BCUT2D eigenvalue weighted by Crippen LogP contribution is -2.63. The first kappa shape index (κ1) is 33.5. The summed E-state index contributed by atoms with van der Waals surface area (Å²) in [6, 6.07) is 20.1. The molecule has 2 aliphatic rings. The Labute approximate surface area is 286 Å². The van der Waals surface area contributed by atoms with Crippen LogP contribution in [-0.2, 0) is 5.44 Å². The Morgan fingerprint density at radius 1 is 1.06 bits per heavy atom. The molecular formula is C31H38B6ClFN8. The monoisotopic (exact) mass is 642 g/mol. The quantitative estimate of drug-likeness (QED) is 0.141. The van der Waals surface area contributed by atoms with Crippen molar-refractivity contribution in [3.05, 3.63) is 94.7 Å². The summed E-state index contributed by atoms with van der Waals surface area (Å²) in [5.41, 5.74) is 9.93. The second-order valence-corrected chi connectivity index (χ2v) is 15.4. The Balaban J connectivity index is 1.48. The van der Waals surface area contributed by atoms with Crippen LogP contribution in [0.4, 0.5) is 15.8 Å². The molecule has 0 amide bonds. The van der Waals surface area contributed by atoms with Gasteiger partial charge in [-0.3, -0.25) is 4.98 Å². The van der Waals surface area contributed by atoms with E-state index in [0.717, 1.165) is 35.0 Å². The fourth-order valence-corrected chi connectivity index (χ4v) is 6.74. The van der Waals surface area contributed by atoms with Crippen LogP contribution in [0.15, 0.2) is 67.0 Å². The molecule has 4 aromatic rings.